The number of furan rings is 1. The highest BCUT2D eigenvalue weighted by atomic mass is 16.3. The lowest BCUT2D eigenvalue weighted by atomic mass is 9.83. The van der Waals surface area contributed by atoms with Crippen LogP contribution in [0.5, 0.6) is 0 Å². The monoisotopic (exact) mass is 843 g/mol. The van der Waals surface area contributed by atoms with Gasteiger partial charge in [0.1, 0.15) is 11.2 Å². The molecule has 0 amide bonds. The maximum atomic E-state index is 6.29. The minimum atomic E-state index is -0.106. The van der Waals surface area contributed by atoms with E-state index in [1.165, 1.54) is 71.4 Å². The number of para-hydroxylation sites is 4. The van der Waals surface area contributed by atoms with Crippen LogP contribution in [0.25, 0.3) is 122 Å². The SMILES string of the molecule is CC1(C)c2ccc(-n3c4ccccc4c4cc(-c5cc(-c6ccc7oc8ccccc8c7c6)cc(-c6ccc7c(c6)c6ccccc6n7-c6ccccc6)c5)ccc43)cc2-c2ncccc21. The van der Waals surface area contributed by atoms with Crippen molar-refractivity contribution in [1.29, 1.82) is 0 Å². The standard InChI is InChI=1S/C62H41N3O/c1-62(2)53-26-25-45(37-52(53)61-54(62)18-12-30-63-61)65-56-20-10-7-16-47(56)50-35-39(23-28-58(50)65)42-31-41(32-43(33-42)40-24-29-60-51(36-40)48-17-8-11-21-59(48)66-60)38-22-27-57-49(34-38)46-15-6-9-19-55(46)64(57)44-13-4-3-5-14-44/h3-37H,1-2H3. The topological polar surface area (TPSA) is 35.9 Å². The molecular weight excluding hydrogens is 803 g/mol. The Balaban J connectivity index is 0.967. The molecule has 1 aliphatic rings. The third-order valence-corrected chi connectivity index (χ3v) is 14.3. The summed E-state index contributed by atoms with van der Waals surface area (Å²) in [4.78, 5) is 4.90. The van der Waals surface area contributed by atoms with Gasteiger partial charge in [-0.3, -0.25) is 4.98 Å². The van der Waals surface area contributed by atoms with E-state index in [1.807, 2.05) is 18.3 Å². The van der Waals surface area contributed by atoms with Crippen LogP contribution in [-0.2, 0) is 5.41 Å². The number of hydrogen-bond acceptors (Lipinski definition) is 2. The molecule has 0 bridgehead atoms. The van der Waals surface area contributed by atoms with Crippen LogP contribution >= 0.6 is 0 Å². The zero-order chi connectivity index (χ0) is 43.7. The molecule has 13 aromatic rings. The molecule has 0 saturated carbocycles. The minimum Gasteiger partial charge on any atom is -0.456 e. The molecule has 4 nitrogen and oxygen atoms in total. The Bertz CT molecular complexity index is 4140. The molecule has 0 N–H and O–H groups in total. The van der Waals surface area contributed by atoms with Crippen molar-refractivity contribution in [3.8, 4) is 56.0 Å². The van der Waals surface area contributed by atoms with Gasteiger partial charge in [0.25, 0.3) is 0 Å². The van der Waals surface area contributed by atoms with Crippen molar-refractivity contribution in [3.63, 3.8) is 0 Å². The molecule has 66 heavy (non-hydrogen) atoms. The summed E-state index contributed by atoms with van der Waals surface area (Å²) in [6, 6.07) is 75.5. The van der Waals surface area contributed by atoms with Crippen molar-refractivity contribution >= 4 is 65.6 Å². The van der Waals surface area contributed by atoms with E-state index in [4.69, 9.17) is 9.40 Å². The molecule has 0 atom stereocenters. The fraction of sp³-hybridized carbons (Fsp3) is 0.0484. The third kappa shape index (κ3) is 5.36. The minimum absolute atomic E-state index is 0.106. The molecule has 14 rings (SSSR count). The number of fused-ring (bicyclic) bond motifs is 12. The number of pyridine rings is 1. The van der Waals surface area contributed by atoms with Crippen molar-refractivity contribution in [1.82, 2.24) is 14.1 Å². The lowest BCUT2D eigenvalue weighted by Crippen LogP contribution is -2.15. The largest absolute Gasteiger partial charge is 0.456 e. The van der Waals surface area contributed by atoms with E-state index in [0.29, 0.717) is 0 Å². The summed E-state index contributed by atoms with van der Waals surface area (Å²) >= 11 is 0. The first kappa shape index (κ1) is 37.0. The average molecular weight is 844 g/mol. The lowest BCUT2D eigenvalue weighted by Gasteiger charge is -2.21. The van der Waals surface area contributed by atoms with Crippen molar-refractivity contribution in [2.45, 2.75) is 19.3 Å². The van der Waals surface area contributed by atoms with Gasteiger partial charge >= 0.3 is 0 Å². The molecule has 0 unspecified atom stereocenters. The van der Waals surface area contributed by atoms with Crippen LogP contribution in [-0.4, -0.2) is 14.1 Å². The summed E-state index contributed by atoms with van der Waals surface area (Å²) in [6.45, 7) is 4.62. The van der Waals surface area contributed by atoms with Gasteiger partial charge in [0, 0.05) is 60.9 Å². The summed E-state index contributed by atoms with van der Waals surface area (Å²) in [5, 5.41) is 7.16. The van der Waals surface area contributed by atoms with Gasteiger partial charge in [-0.15, -0.1) is 0 Å². The quantitative estimate of drug-likeness (QED) is 0.173. The first-order chi connectivity index (χ1) is 32.5. The maximum Gasteiger partial charge on any atom is 0.135 e. The summed E-state index contributed by atoms with van der Waals surface area (Å²) in [5.74, 6) is 0. The Kier molecular flexibility index (Phi) is 7.71. The van der Waals surface area contributed by atoms with E-state index in [9.17, 15) is 0 Å². The zero-order valence-electron chi connectivity index (χ0n) is 36.5. The molecule has 0 radical (unpaired) electrons. The molecule has 4 heterocycles. The van der Waals surface area contributed by atoms with Crippen LogP contribution in [0.15, 0.2) is 217 Å². The molecule has 0 aliphatic heterocycles. The normalized spacial score (nSPS) is 13.1. The molecule has 9 aromatic carbocycles. The van der Waals surface area contributed by atoms with Gasteiger partial charge in [0.15, 0.2) is 0 Å². The number of hydrogen-bond donors (Lipinski definition) is 0. The second-order valence-corrected chi connectivity index (χ2v) is 18.4. The second-order valence-electron chi connectivity index (χ2n) is 18.4. The summed E-state index contributed by atoms with van der Waals surface area (Å²) < 4.78 is 11.1. The van der Waals surface area contributed by atoms with E-state index < -0.39 is 0 Å². The molecule has 4 heteroatoms. The van der Waals surface area contributed by atoms with Gasteiger partial charge in [-0.05, 0) is 148 Å². The molecule has 1 aliphatic carbocycles. The van der Waals surface area contributed by atoms with Gasteiger partial charge in [-0.2, -0.15) is 0 Å². The Morgan fingerprint density at radius 3 is 1.56 bits per heavy atom. The van der Waals surface area contributed by atoms with Crippen LogP contribution in [0.3, 0.4) is 0 Å². The molecule has 0 spiro atoms. The molecule has 0 saturated heterocycles. The summed E-state index contributed by atoms with van der Waals surface area (Å²) in [7, 11) is 0. The van der Waals surface area contributed by atoms with E-state index in [1.54, 1.807) is 0 Å². The van der Waals surface area contributed by atoms with Gasteiger partial charge in [-0.25, -0.2) is 0 Å². The summed E-state index contributed by atoms with van der Waals surface area (Å²) in [6.07, 6.45) is 1.92. The number of benzene rings is 9. The van der Waals surface area contributed by atoms with Crippen molar-refractivity contribution in [3.05, 3.63) is 224 Å². The second kappa shape index (κ2) is 13.8. The molecule has 4 aromatic heterocycles. The predicted octanol–water partition coefficient (Wildman–Crippen LogP) is 16.5. The number of aromatic nitrogens is 3. The van der Waals surface area contributed by atoms with E-state index in [0.717, 1.165) is 61.3 Å². The molecule has 310 valence electrons. The van der Waals surface area contributed by atoms with E-state index in [2.05, 4.69) is 217 Å². The van der Waals surface area contributed by atoms with E-state index >= 15 is 0 Å². The Morgan fingerprint density at radius 2 is 0.894 bits per heavy atom. The van der Waals surface area contributed by atoms with Crippen molar-refractivity contribution in [2.24, 2.45) is 0 Å². The Hall–Kier alpha value is -8.47. The van der Waals surface area contributed by atoms with Gasteiger partial charge in [-0.1, -0.05) is 117 Å². The lowest BCUT2D eigenvalue weighted by molar-refractivity contribution is 0.659. The average Bonchev–Trinajstić information content (AvgIpc) is 4.08. The van der Waals surface area contributed by atoms with Gasteiger partial charge in [0.2, 0.25) is 0 Å². The van der Waals surface area contributed by atoms with Crippen LogP contribution in [0.1, 0.15) is 25.0 Å². The van der Waals surface area contributed by atoms with E-state index in [-0.39, 0.29) is 5.41 Å². The number of rotatable bonds is 5. The van der Waals surface area contributed by atoms with Crippen molar-refractivity contribution < 1.29 is 4.42 Å². The zero-order valence-corrected chi connectivity index (χ0v) is 36.5. The first-order valence-corrected chi connectivity index (χ1v) is 22.8. The third-order valence-electron chi connectivity index (χ3n) is 14.3. The number of nitrogens with zero attached hydrogens (tertiary/aromatic N) is 3. The highest BCUT2D eigenvalue weighted by molar-refractivity contribution is 6.12. The Labute approximate surface area is 381 Å². The van der Waals surface area contributed by atoms with Gasteiger partial charge in [0.05, 0.1) is 27.8 Å². The van der Waals surface area contributed by atoms with Crippen LogP contribution in [0, 0.1) is 0 Å². The fourth-order valence-corrected chi connectivity index (χ4v) is 11.2. The van der Waals surface area contributed by atoms with Crippen LogP contribution < -0.4 is 0 Å². The maximum absolute atomic E-state index is 6.29. The van der Waals surface area contributed by atoms with Crippen LogP contribution in [0.2, 0.25) is 0 Å². The van der Waals surface area contributed by atoms with Gasteiger partial charge < -0.3 is 13.6 Å². The highest BCUT2D eigenvalue weighted by Crippen LogP contribution is 2.49. The van der Waals surface area contributed by atoms with Crippen molar-refractivity contribution in [2.75, 3.05) is 0 Å². The Morgan fingerprint density at radius 1 is 0.364 bits per heavy atom. The summed E-state index contributed by atoms with van der Waals surface area (Å²) in [5.41, 5.74) is 20.6. The first-order valence-electron chi connectivity index (χ1n) is 22.8. The predicted molar refractivity (Wildman–Crippen MR) is 274 cm³/mol. The molecular formula is C62H41N3O. The van der Waals surface area contributed by atoms with Crippen LogP contribution in [0.4, 0.5) is 0 Å². The highest BCUT2D eigenvalue weighted by Gasteiger charge is 2.36. The smallest absolute Gasteiger partial charge is 0.135 e. The molecule has 0 fully saturated rings. The fourth-order valence-electron chi connectivity index (χ4n) is 11.2.